The first kappa shape index (κ1) is 18.2. The molecule has 3 aromatic rings. The lowest BCUT2D eigenvalue weighted by Crippen LogP contribution is -3.00. The molecular weight excluding hydrogens is 370 g/mol. The second-order valence-corrected chi connectivity index (χ2v) is 5.51. The Morgan fingerprint density at radius 1 is 1.04 bits per heavy atom. The molecule has 1 aromatic carbocycles. The van der Waals surface area contributed by atoms with Gasteiger partial charge in [-0.3, -0.25) is 0 Å². The summed E-state index contributed by atoms with van der Waals surface area (Å²) in [5, 5.41) is 0.918. The van der Waals surface area contributed by atoms with Crippen molar-refractivity contribution in [1.29, 1.82) is 0 Å². The number of hydrogen-bond acceptors (Lipinski definition) is 3. The smallest absolute Gasteiger partial charge is 0.379 e. The number of aromatic nitrogens is 1. The topological polar surface area (TPSA) is 43.3 Å². The number of benzene rings is 1. The highest BCUT2D eigenvalue weighted by atomic mass is 79.9. The first-order valence-electron chi connectivity index (χ1n) is 7.85. The van der Waals surface area contributed by atoms with Crippen LogP contribution in [0.15, 0.2) is 64.1 Å². The van der Waals surface area contributed by atoms with Gasteiger partial charge in [0.25, 0.3) is 0 Å². The number of aryl methyl sites for hydroxylation is 2. The van der Waals surface area contributed by atoms with Crippen molar-refractivity contribution >= 4 is 11.0 Å². The monoisotopic (exact) mass is 389 g/mol. The van der Waals surface area contributed by atoms with Gasteiger partial charge in [-0.05, 0) is 19.4 Å². The molecule has 0 amide bonds. The van der Waals surface area contributed by atoms with Crippen LogP contribution in [-0.2, 0) is 6.54 Å². The van der Waals surface area contributed by atoms with E-state index in [1.165, 1.54) is 0 Å². The zero-order chi connectivity index (χ0) is 16.1. The molecule has 126 valence electrons. The van der Waals surface area contributed by atoms with Crippen LogP contribution in [0.5, 0.6) is 5.75 Å². The highest BCUT2D eigenvalue weighted by Gasteiger charge is 2.12. The van der Waals surface area contributed by atoms with Gasteiger partial charge in [0.05, 0.1) is 6.61 Å². The van der Waals surface area contributed by atoms with Crippen molar-refractivity contribution in [2.45, 2.75) is 26.3 Å². The number of ether oxygens (including phenoxy) is 1. The lowest BCUT2D eigenvalue weighted by atomic mass is 10.1. The minimum absolute atomic E-state index is 0. The number of pyridine rings is 1. The first-order valence-corrected chi connectivity index (χ1v) is 7.85. The highest BCUT2D eigenvalue weighted by Crippen LogP contribution is 2.23. The summed E-state index contributed by atoms with van der Waals surface area (Å²) < 4.78 is 13.1. The van der Waals surface area contributed by atoms with Crippen molar-refractivity contribution in [1.82, 2.24) is 0 Å². The number of rotatable bonds is 6. The van der Waals surface area contributed by atoms with E-state index in [1.807, 2.05) is 55.7 Å². The molecule has 2 heterocycles. The van der Waals surface area contributed by atoms with Gasteiger partial charge in [0.2, 0.25) is 5.75 Å². The average molecular weight is 390 g/mol. The second kappa shape index (κ2) is 8.64. The van der Waals surface area contributed by atoms with Crippen molar-refractivity contribution in [2.75, 3.05) is 6.61 Å². The number of para-hydroxylation sites is 1. The standard InChI is InChI=1S/C19H20NO3.BrH/c1-15-16-9-3-4-10-17(16)23-19(21)18(15)22-14-8-7-13-20-11-5-2-6-12-20;/h2-6,9-12H,7-8,13-14H2,1H3;1H/q+1;/p-1. The van der Waals surface area contributed by atoms with Gasteiger partial charge in [-0.15, -0.1) is 0 Å². The lowest BCUT2D eigenvalue weighted by Gasteiger charge is -2.09. The van der Waals surface area contributed by atoms with Crippen molar-refractivity contribution in [3.05, 3.63) is 70.8 Å². The normalized spacial score (nSPS) is 10.4. The Labute approximate surface area is 151 Å². The van der Waals surface area contributed by atoms with Gasteiger partial charge in [0, 0.05) is 29.5 Å². The van der Waals surface area contributed by atoms with Gasteiger partial charge in [-0.1, -0.05) is 24.3 Å². The van der Waals surface area contributed by atoms with Gasteiger partial charge >= 0.3 is 5.63 Å². The van der Waals surface area contributed by atoms with E-state index in [1.54, 1.807) is 6.07 Å². The van der Waals surface area contributed by atoms with Crippen LogP contribution in [0.2, 0.25) is 0 Å². The largest absolute Gasteiger partial charge is 1.00 e. The van der Waals surface area contributed by atoms with E-state index in [2.05, 4.69) is 4.57 Å². The van der Waals surface area contributed by atoms with Gasteiger partial charge in [0.15, 0.2) is 12.4 Å². The molecule has 4 nitrogen and oxygen atoms in total. The predicted molar refractivity (Wildman–Crippen MR) is 88.6 cm³/mol. The molecule has 0 saturated carbocycles. The Balaban J connectivity index is 0.00000208. The van der Waals surface area contributed by atoms with Crippen LogP contribution in [0.25, 0.3) is 11.0 Å². The fraction of sp³-hybridized carbons (Fsp3) is 0.263. The van der Waals surface area contributed by atoms with Crippen LogP contribution in [0, 0.1) is 6.92 Å². The molecule has 0 N–H and O–H groups in total. The van der Waals surface area contributed by atoms with Crippen molar-refractivity contribution in [3.8, 4) is 5.75 Å². The third-order valence-corrected chi connectivity index (χ3v) is 3.85. The third-order valence-electron chi connectivity index (χ3n) is 3.85. The molecular formula is C19H20BrNO3. The van der Waals surface area contributed by atoms with Crippen molar-refractivity contribution in [2.24, 2.45) is 0 Å². The molecule has 0 bridgehead atoms. The number of unbranched alkanes of at least 4 members (excludes halogenated alkanes) is 1. The van der Waals surface area contributed by atoms with Crippen LogP contribution < -0.4 is 31.9 Å². The van der Waals surface area contributed by atoms with Crippen LogP contribution in [0.1, 0.15) is 18.4 Å². The van der Waals surface area contributed by atoms with Gasteiger partial charge < -0.3 is 26.1 Å². The van der Waals surface area contributed by atoms with Crippen LogP contribution >= 0.6 is 0 Å². The summed E-state index contributed by atoms with van der Waals surface area (Å²) in [6.07, 6.45) is 5.96. The molecule has 0 saturated heterocycles. The third kappa shape index (κ3) is 4.23. The maximum Gasteiger partial charge on any atom is 0.379 e. The fourth-order valence-corrected chi connectivity index (χ4v) is 2.61. The number of fused-ring (bicyclic) bond motifs is 1. The number of nitrogens with zero attached hydrogens (tertiary/aromatic N) is 1. The molecule has 0 spiro atoms. The second-order valence-electron chi connectivity index (χ2n) is 5.51. The minimum Gasteiger partial charge on any atom is -1.00 e. The summed E-state index contributed by atoms with van der Waals surface area (Å²) >= 11 is 0. The molecule has 0 atom stereocenters. The van der Waals surface area contributed by atoms with Crippen LogP contribution in [0.3, 0.4) is 0 Å². The molecule has 3 rings (SSSR count). The Morgan fingerprint density at radius 2 is 1.79 bits per heavy atom. The summed E-state index contributed by atoms with van der Waals surface area (Å²) in [6.45, 7) is 3.35. The predicted octanol–water partition coefficient (Wildman–Crippen LogP) is 0.252. The zero-order valence-corrected chi connectivity index (χ0v) is 15.2. The number of halogens is 1. The maximum atomic E-state index is 12.0. The average Bonchev–Trinajstić information content (AvgIpc) is 2.58. The molecule has 0 aliphatic rings. The van der Waals surface area contributed by atoms with E-state index in [0.29, 0.717) is 17.9 Å². The van der Waals surface area contributed by atoms with Crippen molar-refractivity contribution < 1.29 is 30.7 Å². The molecule has 0 radical (unpaired) electrons. The Bertz CT molecular complexity index is 846. The maximum absolute atomic E-state index is 12.0. The van der Waals surface area contributed by atoms with Gasteiger partial charge in [-0.25, -0.2) is 9.36 Å². The summed E-state index contributed by atoms with van der Waals surface area (Å²) in [7, 11) is 0. The number of hydrogen-bond donors (Lipinski definition) is 0. The molecule has 5 heteroatoms. The Hall–Kier alpha value is -2.14. The van der Waals surface area contributed by atoms with Crippen LogP contribution in [0.4, 0.5) is 0 Å². The fourth-order valence-electron chi connectivity index (χ4n) is 2.61. The van der Waals surface area contributed by atoms with E-state index in [9.17, 15) is 4.79 Å². The molecule has 0 fully saturated rings. The summed E-state index contributed by atoms with van der Waals surface area (Å²) in [5.74, 6) is 0.330. The van der Waals surface area contributed by atoms with E-state index >= 15 is 0 Å². The van der Waals surface area contributed by atoms with Crippen molar-refractivity contribution in [3.63, 3.8) is 0 Å². The van der Waals surface area contributed by atoms with Gasteiger partial charge in [-0.2, -0.15) is 0 Å². The van der Waals surface area contributed by atoms with Gasteiger partial charge in [0.1, 0.15) is 12.1 Å². The molecule has 2 aromatic heterocycles. The quantitative estimate of drug-likeness (QED) is 0.345. The summed E-state index contributed by atoms with van der Waals surface area (Å²) in [5.41, 5.74) is 1.04. The Kier molecular flexibility index (Phi) is 6.55. The molecule has 0 unspecified atom stereocenters. The highest BCUT2D eigenvalue weighted by molar-refractivity contribution is 5.81. The molecule has 0 aliphatic carbocycles. The van der Waals surface area contributed by atoms with E-state index in [0.717, 1.165) is 30.3 Å². The zero-order valence-electron chi connectivity index (χ0n) is 13.6. The minimum atomic E-state index is -0.404. The Morgan fingerprint density at radius 3 is 2.58 bits per heavy atom. The summed E-state index contributed by atoms with van der Waals surface area (Å²) in [4.78, 5) is 12.0. The van der Waals surface area contributed by atoms with Crippen LogP contribution in [-0.4, -0.2) is 6.61 Å². The first-order chi connectivity index (χ1) is 11.3. The van der Waals surface area contributed by atoms with E-state index in [4.69, 9.17) is 9.15 Å². The molecule has 0 aliphatic heterocycles. The molecule has 24 heavy (non-hydrogen) atoms. The van der Waals surface area contributed by atoms with E-state index < -0.39 is 5.63 Å². The summed E-state index contributed by atoms with van der Waals surface area (Å²) in [6, 6.07) is 13.5. The SMILES string of the molecule is Cc1c(OCCCC[n+]2ccccc2)c(=O)oc2ccccc12.[Br-]. The van der Waals surface area contributed by atoms with E-state index in [-0.39, 0.29) is 17.0 Å². The lowest BCUT2D eigenvalue weighted by molar-refractivity contribution is -0.697.